The molecule has 35 heavy (non-hydrogen) atoms. The van der Waals surface area contributed by atoms with Gasteiger partial charge < -0.3 is 10.1 Å². The van der Waals surface area contributed by atoms with Crippen LogP contribution in [-0.2, 0) is 34.0 Å². The Kier molecular flexibility index (Phi) is 6.28. The van der Waals surface area contributed by atoms with E-state index in [-0.39, 0.29) is 24.1 Å². The van der Waals surface area contributed by atoms with Crippen molar-refractivity contribution in [2.24, 2.45) is 5.92 Å². The van der Waals surface area contributed by atoms with Crippen molar-refractivity contribution in [1.29, 1.82) is 0 Å². The van der Waals surface area contributed by atoms with Gasteiger partial charge in [0.05, 0.1) is 24.3 Å². The maximum Gasteiger partial charge on any atom is 0.416 e. The Morgan fingerprint density at radius 2 is 1.51 bits per heavy atom. The summed E-state index contributed by atoms with van der Waals surface area (Å²) in [4.78, 5) is 26.8. The molecular weight excluding hydrogens is 485 g/mol. The summed E-state index contributed by atoms with van der Waals surface area (Å²) in [5, 5.41) is 2.52. The molecule has 1 saturated carbocycles. The summed E-state index contributed by atoms with van der Waals surface area (Å²) in [6, 6.07) is 4.95. The lowest BCUT2D eigenvalue weighted by molar-refractivity contribution is -0.143. The van der Waals surface area contributed by atoms with Crippen molar-refractivity contribution < 1.29 is 45.1 Å². The fourth-order valence-corrected chi connectivity index (χ4v) is 3.89. The van der Waals surface area contributed by atoms with Crippen LogP contribution in [0.15, 0.2) is 42.5 Å². The maximum absolute atomic E-state index is 13.5. The number of carbonyl (C=O) groups is 2. The van der Waals surface area contributed by atoms with Crippen LogP contribution in [0.2, 0.25) is 0 Å². The van der Waals surface area contributed by atoms with Gasteiger partial charge in [0.15, 0.2) is 5.54 Å². The molecule has 0 aromatic heterocycles. The van der Waals surface area contributed by atoms with Gasteiger partial charge in [-0.05, 0) is 60.2 Å². The van der Waals surface area contributed by atoms with E-state index in [0.717, 1.165) is 29.9 Å². The molecule has 188 valence electrons. The summed E-state index contributed by atoms with van der Waals surface area (Å²) in [5.41, 5.74) is -5.07. The van der Waals surface area contributed by atoms with E-state index in [9.17, 15) is 40.3 Å². The van der Waals surface area contributed by atoms with Crippen LogP contribution in [0, 0.1) is 11.7 Å². The number of rotatable bonds is 7. The van der Waals surface area contributed by atoms with Crippen molar-refractivity contribution in [1.82, 2.24) is 10.2 Å². The summed E-state index contributed by atoms with van der Waals surface area (Å²) >= 11 is 0. The number of carbonyl (C=O) groups excluding carboxylic acids is 2. The number of nitrogens with zero attached hydrogens (tertiary/aromatic N) is 1. The van der Waals surface area contributed by atoms with Crippen LogP contribution >= 0.6 is 0 Å². The normalized spacial score (nSPS) is 20.9. The van der Waals surface area contributed by atoms with E-state index in [1.807, 2.05) is 0 Å². The van der Waals surface area contributed by atoms with E-state index >= 15 is 0 Å². The average molecular weight is 504 g/mol. The van der Waals surface area contributed by atoms with E-state index in [1.54, 1.807) is 0 Å². The third-order valence-corrected chi connectivity index (χ3v) is 5.89. The number of nitrogens with one attached hydrogen (secondary N) is 1. The number of hydrogen-bond donors (Lipinski definition) is 1. The summed E-state index contributed by atoms with van der Waals surface area (Å²) in [5.74, 6) is -1.15. The molecule has 1 saturated heterocycles. The van der Waals surface area contributed by atoms with Crippen LogP contribution < -0.4 is 5.32 Å². The first-order valence-corrected chi connectivity index (χ1v) is 10.6. The van der Waals surface area contributed by atoms with E-state index in [2.05, 4.69) is 5.32 Å². The lowest BCUT2D eigenvalue weighted by atomic mass is 9.90. The van der Waals surface area contributed by atoms with Crippen LogP contribution in [0.25, 0.3) is 0 Å². The van der Waals surface area contributed by atoms with E-state index in [4.69, 9.17) is 4.74 Å². The number of ether oxygens (including phenoxy) is 1. The number of halogens is 7. The highest BCUT2D eigenvalue weighted by Gasteiger charge is 2.53. The fourth-order valence-electron chi connectivity index (χ4n) is 3.89. The molecule has 1 unspecified atom stereocenters. The van der Waals surface area contributed by atoms with Gasteiger partial charge in [-0.15, -0.1) is 0 Å². The Morgan fingerprint density at radius 3 is 2.03 bits per heavy atom. The largest absolute Gasteiger partial charge is 0.416 e. The summed E-state index contributed by atoms with van der Waals surface area (Å²) in [6.07, 6.45) is -8.36. The van der Waals surface area contributed by atoms with Crippen LogP contribution in [-0.4, -0.2) is 30.0 Å². The molecule has 2 aromatic carbocycles. The molecular formula is C23H19F7N2O3. The monoisotopic (exact) mass is 504 g/mol. The topological polar surface area (TPSA) is 58.6 Å². The molecule has 1 aliphatic carbocycles. The quantitative estimate of drug-likeness (QED) is 0.415. The molecule has 12 heteroatoms. The second kappa shape index (κ2) is 8.81. The molecule has 2 aromatic rings. The second-order valence-electron chi connectivity index (χ2n) is 8.61. The van der Waals surface area contributed by atoms with Gasteiger partial charge >= 0.3 is 18.4 Å². The number of hydrogen-bond acceptors (Lipinski definition) is 3. The van der Waals surface area contributed by atoms with E-state index in [1.165, 1.54) is 12.1 Å². The first-order chi connectivity index (χ1) is 16.3. The molecule has 2 fully saturated rings. The molecule has 1 heterocycles. The Morgan fingerprint density at radius 1 is 0.943 bits per heavy atom. The van der Waals surface area contributed by atoms with Crippen LogP contribution in [0.4, 0.5) is 35.5 Å². The molecule has 0 bridgehead atoms. The minimum atomic E-state index is -5.02. The van der Waals surface area contributed by atoms with Crippen molar-refractivity contribution in [2.75, 3.05) is 13.2 Å². The molecule has 5 nitrogen and oxygen atoms in total. The van der Waals surface area contributed by atoms with Crippen molar-refractivity contribution in [2.45, 2.75) is 37.3 Å². The Balaban J connectivity index is 1.60. The highest BCUT2D eigenvalue weighted by atomic mass is 19.4. The van der Waals surface area contributed by atoms with Gasteiger partial charge in [-0.25, -0.2) is 9.18 Å². The zero-order valence-electron chi connectivity index (χ0n) is 18.0. The van der Waals surface area contributed by atoms with E-state index in [0.29, 0.717) is 12.1 Å². The zero-order valence-corrected chi connectivity index (χ0v) is 18.0. The predicted molar refractivity (Wildman–Crippen MR) is 107 cm³/mol. The number of benzene rings is 2. The van der Waals surface area contributed by atoms with Crippen LogP contribution in [0.5, 0.6) is 0 Å². The molecule has 2 aliphatic rings. The van der Waals surface area contributed by atoms with Gasteiger partial charge in [0, 0.05) is 6.54 Å². The van der Waals surface area contributed by atoms with Crippen molar-refractivity contribution >= 4 is 11.9 Å². The molecule has 0 spiro atoms. The number of urea groups is 1. The van der Waals surface area contributed by atoms with Gasteiger partial charge in [0.2, 0.25) is 0 Å². The fraction of sp³-hybridized carbons (Fsp3) is 0.391. The van der Waals surface area contributed by atoms with Crippen LogP contribution in [0.3, 0.4) is 0 Å². The van der Waals surface area contributed by atoms with Crippen molar-refractivity contribution in [3.63, 3.8) is 0 Å². The summed E-state index contributed by atoms with van der Waals surface area (Å²) in [7, 11) is 0. The lowest BCUT2D eigenvalue weighted by Gasteiger charge is -2.27. The lowest BCUT2D eigenvalue weighted by Crippen LogP contribution is -2.48. The predicted octanol–water partition coefficient (Wildman–Crippen LogP) is 5.24. The first-order valence-electron chi connectivity index (χ1n) is 10.6. The van der Waals surface area contributed by atoms with Gasteiger partial charge in [0.25, 0.3) is 5.91 Å². The minimum absolute atomic E-state index is 0.0000177. The Bertz CT molecular complexity index is 1100. The van der Waals surface area contributed by atoms with Gasteiger partial charge in [0.1, 0.15) is 5.82 Å². The molecule has 3 amide bonds. The highest BCUT2D eigenvalue weighted by Crippen LogP contribution is 2.38. The number of imide groups is 1. The van der Waals surface area contributed by atoms with Crippen molar-refractivity contribution in [3.05, 3.63) is 70.5 Å². The molecule has 4 rings (SSSR count). The zero-order chi connectivity index (χ0) is 25.6. The number of amides is 3. The SMILES string of the molecule is O=C1NC(COCc2cc(C(F)(F)F)cc(C(F)(F)F)c2)(c2ccc(F)cc2)C(=O)N1CC1CC1. The van der Waals surface area contributed by atoms with Crippen LogP contribution in [0.1, 0.15) is 35.1 Å². The van der Waals surface area contributed by atoms with Gasteiger partial charge in [-0.2, -0.15) is 26.3 Å². The second-order valence-corrected chi connectivity index (χ2v) is 8.61. The molecule has 1 atom stereocenters. The standard InChI is InChI=1S/C23H19F7N2O3/c24-18-5-3-15(4-6-18)21(19(33)32(20(34)31-21)10-13-1-2-13)12-35-11-14-7-16(22(25,26)27)9-17(8-14)23(28,29)30/h3-9,13H,1-2,10-12H2,(H,31,34). The maximum atomic E-state index is 13.5. The molecule has 0 radical (unpaired) electrons. The first kappa shape index (κ1) is 25.0. The molecule has 1 N–H and O–H groups in total. The third kappa shape index (κ3) is 5.26. The molecule has 1 aliphatic heterocycles. The summed E-state index contributed by atoms with van der Waals surface area (Å²) in [6.45, 7) is -1.14. The van der Waals surface area contributed by atoms with Gasteiger partial charge in [-0.1, -0.05) is 12.1 Å². The smallest absolute Gasteiger partial charge is 0.373 e. The average Bonchev–Trinajstić information content (AvgIpc) is 3.56. The summed E-state index contributed by atoms with van der Waals surface area (Å²) < 4.78 is 97.7. The third-order valence-electron chi connectivity index (χ3n) is 5.89. The number of alkyl halides is 6. The Labute approximate surface area is 194 Å². The minimum Gasteiger partial charge on any atom is -0.373 e. The van der Waals surface area contributed by atoms with Crippen molar-refractivity contribution in [3.8, 4) is 0 Å². The van der Waals surface area contributed by atoms with E-state index < -0.39 is 65.6 Å². The highest BCUT2D eigenvalue weighted by molar-refractivity contribution is 6.07. The Hall–Kier alpha value is -3.15. The van der Waals surface area contributed by atoms with Gasteiger partial charge in [-0.3, -0.25) is 9.69 Å².